The van der Waals surface area contributed by atoms with E-state index < -0.39 is 36.6 Å². The van der Waals surface area contributed by atoms with Crippen LogP contribution in [0.4, 0.5) is 0 Å². The molecule has 0 N–H and O–H groups in total. The second-order valence-electron chi connectivity index (χ2n) is 35.3. The lowest BCUT2D eigenvalue weighted by Gasteiger charge is -2.32. The van der Waals surface area contributed by atoms with E-state index in [9.17, 15) is 0 Å². The van der Waals surface area contributed by atoms with Gasteiger partial charge in [0.05, 0.1) is 33.6 Å². The number of furan rings is 1. The Morgan fingerprint density at radius 1 is 0.220 bits per heavy atom. The minimum atomic E-state index is -0.452. The van der Waals surface area contributed by atoms with Gasteiger partial charge in [-0.15, -0.1) is 45.3 Å². The summed E-state index contributed by atoms with van der Waals surface area (Å²) in [4.78, 5) is 0. The van der Waals surface area contributed by atoms with Crippen LogP contribution in [-0.4, -0.2) is 55.0 Å². The molecule has 3 fully saturated rings. The second-order valence-corrected chi connectivity index (χ2v) is 39.6. The monoisotopic (exact) mass is 1600 g/mol. The third-order valence-corrected chi connectivity index (χ3v) is 31.0. The van der Waals surface area contributed by atoms with Crippen LogP contribution in [0.1, 0.15) is 83.1 Å². The first kappa shape index (κ1) is 73.8. The van der Waals surface area contributed by atoms with E-state index in [0.717, 1.165) is 43.9 Å². The number of hydrogen-bond acceptors (Lipinski definition) is 11. The van der Waals surface area contributed by atoms with Gasteiger partial charge < -0.3 is 32.3 Å². The van der Waals surface area contributed by atoms with Crippen LogP contribution in [0.5, 0.6) is 0 Å². The lowest BCUT2D eigenvalue weighted by Crippen LogP contribution is -2.41. The molecule has 14 heteroatoms. The van der Waals surface area contributed by atoms with Gasteiger partial charge in [-0.25, -0.2) is 0 Å². The molecular formula is C104H83B3O7S4. The number of hydrogen-bond donors (Lipinski definition) is 0. The molecule has 0 saturated carbocycles. The first-order chi connectivity index (χ1) is 56.8. The molecule has 0 amide bonds. The molecule has 118 heavy (non-hydrogen) atoms. The van der Waals surface area contributed by atoms with Crippen molar-refractivity contribution in [2.24, 2.45) is 0 Å². The summed E-state index contributed by atoms with van der Waals surface area (Å²) in [5, 5.41) is 25.1. The lowest BCUT2D eigenvalue weighted by atomic mass is 9.73. The van der Waals surface area contributed by atoms with Crippen molar-refractivity contribution < 1.29 is 32.3 Å². The molecule has 0 aliphatic carbocycles. The zero-order valence-corrected chi connectivity index (χ0v) is 71.1. The van der Waals surface area contributed by atoms with Crippen LogP contribution in [0.15, 0.2) is 290 Å². The average Bonchev–Trinajstić information content (AvgIpc) is 1.56. The van der Waals surface area contributed by atoms with Crippen LogP contribution < -0.4 is 16.4 Å². The molecule has 574 valence electrons. The van der Waals surface area contributed by atoms with Gasteiger partial charge in [-0.1, -0.05) is 176 Å². The highest BCUT2D eigenvalue weighted by Gasteiger charge is 2.55. The summed E-state index contributed by atoms with van der Waals surface area (Å²) in [6, 6.07) is 104. The van der Waals surface area contributed by atoms with E-state index in [0.29, 0.717) is 0 Å². The van der Waals surface area contributed by atoms with Crippen molar-refractivity contribution in [2.45, 2.75) is 117 Å². The van der Waals surface area contributed by atoms with Gasteiger partial charge in [-0.05, 0) is 296 Å². The fraction of sp³-hybridized carbons (Fsp3) is 0.173. The van der Waals surface area contributed by atoms with Crippen LogP contribution in [-0.2, 0) is 27.9 Å². The van der Waals surface area contributed by atoms with Gasteiger partial charge in [-0.3, -0.25) is 0 Å². The van der Waals surface area contributed by atoms with Crippen LogP contribution >= 0.6 is 45.3 Å². The van der Waals surface area contributed by atoms with Gasteiger partial charge in [0.25, 0.3) is 0 Å². The van der Waals surface area contributed by atoms with Crippen molar-refractivity contribution >= 4 is 240 Å². The minimum absolute atomic E-state index is 0.348. The summed E-state index contributed by atoms with van der Waals surface area (Å²) in [5.74, 6) is 0. The molecular weight excluding hydrogens is 1520 g/mol. The van der Waals surface area contributed by atoms with Crippen molar-refractivity contribution in [3.63, 3.8) is 0 Å². The molecule has 0 radical (unpaired) electrons. The van der Waals surface area contributed by atoms with Gasteiger partial charge in [0.15, 0.2) is 0 Å². The molecule has 16 aromatic carbocycles. The van der Waals surface area contributed by atoms with Crippen LogP contribution in [0.2, 0.25) is 0 Å². The highest BCUT2D eigenvalue weighted by Crippen LogP contribution is 2.48. The molecule has 3 saturated heterocycles. The summed E-state index contributed by atoms with van der Waals surface area (Å²) >= 11 is 7.46. The molecule has 0 unspecified atom stereocenters. The normalized spacial score (nSPS) is 16.8. The van der Waals surface area contributed by atoms with Crippen LogP contribution in [0.3, 0.4) is 0 Å². The minimum Gasteiger partial charge on any atom is -0.456 e. The largest absolute Gasteiger partial charge is 0.496 e. The van der Waals surface area contributed by atoms with Gasteiger partial charge in [-0.2, -0.15) is 0 Å². The van der Waals surface area contributed by atoms with Crippen molar-refractivity contribution in [3.8, 4) is 33.4 Å². The van der Waals surface area contributed by atoms with Crippen molar-refractivity contribution in [1.82, 2.24) is 0 Å². The van der Waals surface area contributed by atoms with Crippen molar-refractivity contribution in [3.05, 3.63) is 285 Å². The molecule has 0 spiro atoms. The molecule has 0 bridgehead atoms. The Balaban J connectivity index is 0.000000107. The maximum absolute atomic E-state index is 6.69. The van der Waals surface area contributed by atoms with Crippen LogP contribution in [0, 0.1) is 0 Å². The number of rotatable bonds is 6. The Hall–Kier alpha value is -10.5. The molecule has 8 heterocycles. The van der Waals surface area contributed by atoms with E-state index in [1.165, 1.54) is 162 Å². The summed E-state index contributed by atoms with van der Waals surface area (Å²) < 4.78 is 55.7. The Morgan fingerprint density at radius 2 is 0.627 bits per heavy atom. The van der Waals surface area contributed by atoms with E-state index in [2.05, 4.69) is 356 Å². The first-order valence-electron chi connectivity index (χ1n) is 40.8. The van der Waals surface area contributed by atoms with E-state index in [1.54, 1.807) is 0 Å². The summed E-state index contributed by atoms with van der Waals surface area (Å²) in [6.07, 6.45) is 0. The molecule has 3 aliphatic heterocycles. The number of thiophene rings is 4. The summed E-state index contributed by atoms with van der Waals surface area (Å²) in [7, 11) is -1.25. The fourth-order valence-electron chi connectivity index (χ4n) is 17.8. The molecule has 24 rings (SSSR count). The lowest BCUT2D eigenvalue weighted by molar-refractivity contribution is 0.00578. The van der Waals surface area contributed by atoms with Gasteiger partial charge in [0.1, 0.15) is 11.2 Å². The molecule has 21 aromatic rings. The number of fused-ring (bicyclic) bond motifs is 20. The average molecular weight is 1610 g/mol. The predicted molar refractivity (Wildman–Crippen MR) is 509 cm³/mol. The molecule has 0 atom stereocenters. The zero-order chi connectivity index (χ0) is 80.3. The molecule has 3 aliphatic rings. The highest BCUT2D eigenvalue weighted by molar-refractivity contribution is 7.27. The zero-order valence-electron chi connectivity index (χ0n) is 67.9. The third kappa shape index (κ3) is 12.1. The topological polar surface area (TPSA) is 68.5 Å². The van der Waals surface area contributed by atoms with Crippen LogP contribution in [0.25, 0.3) is 190 Å². The SMILES string of the molecule is CC1(C)OB(c2c3ccccc3cc3sc4ccc(-c5ccc6sc7cc8ccccc8cc7c6c5)cc4c23)OC1(C)C.CC1(C)OB(c2ccc3c(-c4ccc5cc6sc7ccccc7c6cc5c4)cccc3c2)OC1(C)C.CC1(C)OB(c2cccc3oc4ccc(-c5ccc6sc7cc8ccccc8cc7c6c5)cc4c23)OC1(C)C. The van der Waals surface area contributed by atoms with Gasteiger partial charge in [0.2, 0.25) is 0 Å². The maximum Gasteiger partial charge on any atom is 0.496 e. The Bertz CT molecular complexity index is 7740. The summed E-state index contributed by atoms with van der Waals surface area (Å²) in [6.45, 7) is 25.3. The maximum atomic E-state index is 6.69. The second kappa shape index (κ2) is 27.0. The first-order valence-corrected chi connectivity index (χ1v) is 44.1. The third-order valence-electron chi connectivity index (χ3n) is 26.5. The summed E-state index contributed by atoms with van der Waals surface area (Å²) in [5.41, 5.74) is 9.87. The molecule has 7 nitrogen and oxygen atoms in total. The fourth-order valence-corrected chi connectivity index (χ4v) is 22.3. The van der Waals surface area contributed by atoms with Gasteiger partial charge in [0, 0.05) is 91.5 Å². The van der Waals surface area contributed by atoms with E-state index in [4.69, 9.17) is 32.3 Å². The van der Waals surface area contributed by atoms with Crippen molar-refractivity contribution in [2.75, 3.05) is 0 Å². The molecule has 5 aromatic heterocycles. The highest BCUT2D eigenvalue weighted by atomic mass is 32.1. The van der Waals surface area contributed by atoms with Gasteiger partial charge >= 0.3 is 21.4 Å². The Morgan fingerprint density at radius 3 is 1.22 bits per heavy atom. The quantitative estimate of drug-likeness (QED) is 0.154. The van der Waals surface area contributed by atoms with Crippen molar-refractivity contribution in [1.29, 1.82) is 0 Å². The number of benzene rings is 16. The van der Waals surface area contributed by atoms with E-state index in [1.807, 2.05) is 57.5 Å². The predicted octanol–water partition coefficient (Wildman–Crippen LogP) is 28.1. The standard InChI is InChI=1S/C38H29BO2S2.C34H27BO3S.C32H27BO2S/c1-37(2)38(3,4)41-39(40-37)36-27-12-8-7-11-26(27)21-34-35(36)30-19-25(14-16-32(30)43-34)24-13-15-31-28(18-24)29-17-22-9-5-6-10-23(22)20-33(29)42-31;1-33(2)34(3,4)38-35(37-33)27-10-7-11-29-32(27)26-18-22(12-14-28(26)36-29)23-13-15-30-24(17-23)25-16-20-8-5-6-9-21(20)19-31(25)39-30;1-31(2)32(3,4)35-33(34-31)24-14-15-26-21(17-24)8-7-10-25(26)22-13-12-20-19-30-28(18-23(20)16-22)27-9-5-6-11-29(27)36-30/h5-21H,1-4H3;5-19H,1-4H3;5-19H,1-4H3. The smallest absolute Gasteiger partial charge is 0.456 e. The Labute approximate surface area is 701 Å². The van der Waals surface area contributed by atoms with E-state index >= 15 is 0 Å². The van der Waals surface area contributed by atoms with E-state index in [-0.39, 0.29) is 18.3 Å². The Kier molecular flexibility index (Phi) is 16.9.